The summed E-state index contributed by atoms with van der Waals surface area (Å²) >= 11 is 0.697. The van der Waals surface area contributed by atoms with Crippen LogP contribution < -0.4 is 5.73 Å². The van der Waals surface area contributed by atoms with Crippen LogP contribution in [0.15, 0.2) is 0 Å². The number of primary amides is 1. The van der Waals surface area contributed by atoms with Crippen LogP contribution in [0.2, 0.25) is 0 Å². The van der Waals surface area contributed by atoms with Crippen molar-refractivity contribution in [2.24, 2.45) is 17.6 Å². The predicted octanol–water partition coefficient (Wildman–Crippen LogP) is 6.69. The smallest absolute Gasteiger partial charge is 0.317 e. The van der Waals surface area contributed by atoms with Gasteiger partial charge >= 0.3 is 11.9 Å². The van der Waals surface area contributed by atoms with Gasteiger partial charge in [-0.2, -0.15) is 0 Å². The third kappa shape index (κ3) is 11.6. The number of carboxylic acids is 1. The van der Waals surface area contributed by atoms with E-state index >= 15 is 0 Å². The molecule has 7 heteroatoms. The maximum atomic E-state index is 12.0. The number of unbranched alkanes of at least 4 members (excludes halogenated alkanes) is 11. The third-order valence-electron chi connectivity index (χ3n) is 6.52. The van der Waals surface area contributed by atoms with Gasteiger partial charge in [-0.05, 0) is 36.9 Å². The molecule has 1 rings (SSSR count). The quantitative estimate of drug-likeness (QED) is 0.151. The lowest BCUT2D eigenvalue weighted by Gasteiger charge is -2.38. The minimum Gasteiger partial charge on any atom is -0.480 e. The Hall–Kier alpha value is -1.24. The highest BCUT2D eigenvalue weighted by Crippen LogP contribution is 2.37. The standard InChI is InChI=1S/C25H45NO5S/c1-3-5-7-9-10-11-12-13-14-16-19(22(23(27)28)32-25(26)30)18-21-20(24(29)31-21)17-15-8-6-4-2/h19-22H,3-18H2,1-2H3,(H2,26,30)(H,27,28)/t19-,20-,21-,22?/m0/s1. The Morgan fingerprint density at radius 1 is 0.938 bits per heavy atom. The van der Waals surface area contributed by atoms with Crippen molar-refractivity contribution < 1.29 is 24.2 Å². The summed E-state index contributed by atoms with van der Waals surface area (Å²) in [6, 6.07) is 0. The maximum Gasteiger partial charge on any atom is 0.317 e. The van der Waals surface area contributed by atoms with Crippen molar-refractivity contribution >= 4 is 28.9 Å². The number of ether oxygens (including phenoxy) is 1. The molecular formula is C25H45NO5S. The molecule has 1 aliphatic rings. The molecule has 0 aliphatic carbocycles. The second-order valence-electron chi connectivity index (χ2n) is 9.24. The summed E-state index contributed by atoms with van der Waals surface area (Å²) in [7, 11) is 0. The molecule has 3 N–H and O–H groups in total. The summed E-state index contributed by atoms with van der Waals surface area (Å²) < 4.78 is 5.41. The van der Waals surface area contributed by atoms with Gasteiger partial charge in [0.2, 0.25) is 0 Å². The fourth-order valence-electron chi connectivity index (χ4n) is 4.59. The molecule has 1 amide bonds. The normalized spacial score (nSPS) is 19.8. The molecule has 0 bridgehead atoms. The zero-order chi connectivity index (χ0) is 23.8. The number of cyclic esters (lactones) is 1. The summed E-state index contributed by atoms with van der Waals surface area (Å²) in [5.41, 5.74) is 5.31. The number of hydrogen-bond donors (Lipinski definition) is 2. The lowest BCUT2D eigenvalue weighted by molar-refractivity contribution is -0.187. The van der Waals surface area contributed by atoms with Crippen molar-refractivity contribution in [3.63, 3.8) is 0 Å². The Bertz CT molecular complexity index is 556. The number of nitrogens with two attached hydrogens (primary N) is 1. The molecule has 0 aromatic rings. The van der Waals surface area contributed by atoms with E-state index < -0.39 is 16.5 Å². The molecule has 0 saturated carbocycles. The molecule has 0 spiro atoms. The van der Waals surface area contributed by atoms with Gasteiger partial charge in [-0.3, -0.25) is 14.4 Å². The molecule has 1 aliphatic heterocycles. The Morgan fingerprint density at radius 2 is 1.47 bits per heavy atom. The van der Waals surface area contributed by atoms with Crippen LogP contribution >= 0.6 is 11.8 Å². The van der Waals surface area contributed by atoms with Crippen LogP contribution in [0.3, 0.4) is 0 Å². The second-order valence-corrected chi connectivity index (χ2v) is 10.4. The molecular weight excluding hydrogens is 426 g/mol. The first-order chi connectivity index (χ1) is 15.4. The fourth-order valence-corrected chi connectivity index (χ4v) is 5.38. The SMILES string of the molecule is CCCCCCCCCCC[C@@H](C[C@@H]1OC(=O)[C@H]1CCCCCC)C(SC(N)=O)C(=O)O. The van der Waals surface area contributed by atoms with Gasteiger partial charge in [-0.1, -0.05) is 97.3 Å². The van der Waals surface area contributed by atoms with Gasteiger partial charge in [0.25, 0.3) is 5.24 Å². The molecule has 4 atom stereocenters. The topological polar surface area (TPSA) is 107 Å². The number of thioether (sulfide) groups is 1. The van der Waals surface area contributed by atoms with E-state index in [4.69, 9.17) is 10.5 Å². The molecule has 186 valence electrons. The van der Waals surface area contributed by atoms with Gasteiger partial charge in [-0.25, -0.2) is 0 Å². The van der Waals surface area contributed by atoms with E-state index in [0.717, 1.165) is 51.4 Å². The van der Waals surface area contributed by atoms with Crippen molar-refractivity contribution in [2.45, 2.75) is 128 Å². The zero-order valence-corrected chi connectivity index (χ0v) is 21.0. The molecule has 1 heterocycles. The van der Waals surface area contributed by atoms with E-state index in [1.54, 1.807) is 0 Å². The van der Waals surface area contributed by atoms with Crippen molar-refractivity contribution in [3.05, 3.63) is 0 Å². The highest BCUT2D eigenvalue weighted by molar-refractivity contribution is 8.14. The highest BCUT2D eigenvalue weighted by atomic mass is 32.2. The average Bonchev–Trinajstić information content (AvgIpc) is 2.74. The van der Waals surface area contributed by atoms with Crippen molar-refractivity contribution in [1.82, 2.24) is 0 Å². The summed E-state index contributed by atoms with van der Waals surface area (Å²) in [6.07, 6.45) is 16.9. The number of carbonyl (C=O) groups is 3. The van der Waals surface area contributed by atoms with Gasteiger partial charge < -0.3 is 15.6 Å². The number of carbonyl (C=O) groups excluding carboxylic acids is 2. The first-order valence-corrected chi connectivity index (χ1v) is 13.7. The van der Waals surface area contributed by atoms with Gasteiger partial charge in [0.15, 0.2) is 0 Å². The number of aliphatic carboxylic acids is 1. The summed E-state index contributed by atoms with van der Waals surface area (Å²) in [4.78, 5) is 35.3. The van der Waals surface area contributed by atoms with Crippen LogP contribution in [0.1, 0.15) is 117 Å². The van der Waals surface area contributed by atoms with Crippen LogP contribution in [0.5, 0.6) is 0 Å². The van der Waals surface area contributed by atoms with E-state index in [9.17, 15) is 19.5 Å². The number of esters is 1. The first-order valence-electron chi connectivity index (χ1n) is 12.8. The Kier molecular flexibility index (Phi) is 15.5. The first kappa shape index (κ1) is 28.8. The second kappa shape index (κ2) is 17.3. The Morgan fingerprint density at radius 3 is 1.97 bits per heavy atom. The largest absolute Gasteiger partial charge is 0.480 e. The molecule has 6 nitrogen and oxygen atoms in total. The van der Waals surface area contributed by atoms with Crippen molar-refractivity contribution in [3.8, 4) is 0 Å². The number of rotatable bonds is 20. The van der Waals surface area contributed by atoms with Gasteiger partial charge in [-0.15, -0.1) is 0 Å². The van der Waals surface area contributed by atoms with Crippen LogP contribution in [-0.4, -0.2) is 33.6 Å². The van der Waals surface area contributed by atoms with E-state index in [-0.39, 0.29) is 23.9 Å². The molecule has 1 fully saturated rings. The number of hydrogen-bond acceptors (Lipinski definition) is 5. The van der Waals surface area contributed by atoms with Crippen molar-refractivity contribution in [1.29, 1.82) is 0 Å². The Labute approximate surface area is 198 Å². The lowest BCUT2D eigenvalue weighted by Crippen LogP contribution is -2.47. The molecule has 32 heavy (non-hydrogen) atoms. The Balaban J connectivity index is 2.54. The summed E-state index contributed by atoms with van der Waals surface area (Å²) in [5, 5.41) is 8.16. The number of carboxylic acid groups (broad SMARTS) is 1. The van der Waals surface area contributed by atoms with Crippen molar-refractivity contribution in [2.75, 3.05) is 0 Å². The third-order valence-corrected chi connectivity index (χ3v) is 7.59. The van der Waals surface area contributed by atoms with Gasteiger partial charge in [0.05, 0.1) is 5.92 Å². The minimum absolute atomic E-state index is 0.134. The molecule has 1 unspecified atom stereocenters. The molecule has 0 aromatic heterocycles. The lowest BCUT2D eigenvalue weighted by atomic mass is 9.82. The van der Waals surface area contributed by atoms with Crippen LogP contribution in [0.4, 0.5) is 4.79 Å². The average molecular weight is 472 g/mol. The van der Waals surface area contributed by atoms with Gasteiger partial charge in [0.1, 0.15) is 11.4 Å². The van der Waals surface area contributed by atoms with E-state index in [0.29, 0.717) is 24.6 Å². The van der Waals surface area contributed by atoms with Crippen LogP contribution in [0.25, 0.3) is 0 Å². The van der Waals surface area contributed by atoms with Crippen LogP contribution in [-0.2, 0) is 14.3 Å². The molecule has 1 saturated heterocycles. The maximum absolute atomic E-state index is 12.0. The number of amides is 1. The summed E-state index contributed by atoms with van der Waals surface area (Å²) in [6.45, 7) is 4.37. The highest BCUT2D eigenvalue weighted by Gasteiger charge is 2.44. The fraction of sp³-hybridized carbons (Fsp3) is 0.880. The van der Waals surface area contributed by atoms with E-state index in [1.165, 1.54) is 38.5 Å². The van der Waals surface area contributed by atoms with E-state index in [1.807, 2.05) is 0 Å². The van der Waals surface area contributed by atoms with Gasteiger partial charge in [0, 0.05) is 0 Å². The summed E-state index contributed by atoms with van der Waals surface area (Å²) in [5.74, 6) is -1.54. The molecule has 0 radical (unpaired) electrons. The minimum atomic E-state index is -1.01. The monoisotopic (exact) mass is 471 g/mol. The molecule has 0 aromatic carbocycles. The van der Waals surface area contributed by atoms with Crippen LogP contribution in [0, 0.1) is 11.8 Å². The zero-order valence-electron chi connectivity index (χ0n) is 20.2. The predicted molar refractivity (Wildman–Crippen MR) is 131 cm³/mol. The van der Waals surface area contributed by atoms with E-state index in [2.05, 4.69) is 13.8 Å².